The Morgan fingerprint density at radius 3 is 1.95 bits per heavy atom. The third-order valence-corrected chi connectivity index (χ3v) is 6.20. The van der Waals surface area contributed by atoms with Crippen molar-refractivity contribution in [2.45, 2.75) is 36.1 Å². The van der Waals surface area contributed by atoms with Crippen LogP contribution in [0.4, 0.5) is 8.78 Å². The smallest absolute Gasteiger partial charge is 0.394 e. The molecule has 22 heavy (non-hydrogen) atoms. The number of alkyl halides is 2. The summed E-state index contributed by atoms with van der Waals surface area (Å²) in [6, 6.07) is 0. The molecule has 0 aromatic rings. The highest BCUT2D eigenvalue weighted by Gasteiger charge is 2.66. The van der Waals surface area contributed by atoms with Gasteiger partial charge < -0.3 is 39.8 Å². The molecule has 0 bridgehead atoms. The molecule has 0 amide bonds. The lowest BCUT2D eigenvalue weighted by atomic mass is 10.00. The highest BCUT2D eigenvalue weighted by Crippen LogP contribution is 2.73. The SMILES string of the molecule is O=P(O)(O)C(F)(F)P(=O)(O)OC1O[C@H](CO)[C@@H](O)[C@H](O)[C@H]1O. The van der Waals surface area contributed by atoms with E-state index in [1.54, 1.807) is 0 Å². The second kappa shape index (κ2) is 6.46. The third kappa shape index (κ3) is 3.55. The molecular weight excluding hydrogens is 360 g/mol. The van der Waals surface area contributed by atoms with Crippen LogP contribution < -0.4 is 0 Å². The molecule has 1 aliphatic rings. The fourth-order valence-corrected chi connectivity index (χ4v) is 3.56. The molecule has 11 nitrogen and oxygen atoms in total. The Kier molecular flexibility index (Phi) is 5.87. The number of hydrogen-bond acceptors (Lipinski definition) is 8. The molecular formula is C7H14F2O11P2. The Labute approximate surface area is 121 Å². The van der Waals surface area contributed by atoms with Crippen molar-refractivity contribution in [1.82, 2.24) is 0 Å². The largest absolute Gasteiger partial charge is 0.443 e. The Hall–Kier alpha value is -0.0400. The van der Waals surface area contributed by atoms with E-state index in [2.05, 4.69) is 9.26 Å². The molecule has 1 aliphatic heterocycles. The summed E-state index contributed by atoms with van der Waals surface area (Å²) >= 11 is 0. The number of ether oxygens (including phenoxy) is 1. The van der Waals surface area contributed by atoms with Crippen LogP contribution in [0.3, 0.4) is 0 Å². The van der Waals surface area contributed by atoms with E-state index in [1.807, 2.05) is 0 Å². The summed E-state index contributed by atoms with van der Waals surface area (Å²) in [5.74, 6) is 0. The molecule has 6 atom stereocenters. The van der Waals surface area contributed by atoms with E-state index in [1.165, 1.54) is 0 Å². The molecule has 7 N–H and O–H groups in total. The molecule has 132 valence electrons. The van der Waals surface area contributed by atoms with Gasteiger partial charge in [0.1, 0.15) is 24.4 Å². The molecule has 0 saturated carbocycles. The number of rotatable bonds is 5. The predicted molar refractivity (Wildman–Crippen MR) is 61.7 cm³/mol. The average molecular weight is 374 g/mol. The lowest BCUT2D eigenvalue weighted by Gasteiger charge is -2.40. The van der Waals surface area contributed by atoms with Crippen molar-refractivity contribution in [3.63, 3.8) is 0 Å². The first-order chi connectivity index (χ1) is 9.76. The number of halogens is 2. The van der Waals surface area contributed by atoms with Crippen LogP contribution in [0.5, 0.6) is 0 Å². The Morgan fingerprint density at radius 2 is 1.55 bits per heavy atom. The fourth-order valence-electron chi connectivity index (χ4n) is 1.52. The molecule has 0 aromatic carbocycles. The second-order valence-corrected chi connectivity index (χ2v) is 8.19. The molecule has 1 heterocycles. The van der Waals surface area contributed by atoms with Gasteiger partial charge in [-0.05, 0) is 0 Å². The maximum absolute atomic E-state index is 13.2. The van der Waals surface area contributed by atoms with Crippen molar-refractivity contribution in [1.29, 1.82) is 0 Å². The number of aliphatic hydroxyl groups is 4. The van der Waals surface area contributed by atoms with E-state index in [-0.39, 0.29) is 0 Å². The van der Waals surface area contributed by atoms with Crippen LogP contribution in [0.1, 0.15) is 0 Å². The zero-order valence-corrected chi connectivity index (χ0v) is 12.3. The van der Waals surface area contributed by atoms with E-state index in [0.717, 1.165) is 0 Å². The fraction of sp³-hybridized carbons (Fsp3) is 1.00. The highest BCUT2D eigenvalue weighted by atomic mass is 31.2. The minimum Gasteiger partial charge on any atom is -0.394 e. The molecule has 0 aromatic heterocycles. The molecule has 1 rings (SSSR count). The summed E-state index contributed by atoms with van der Waals surface area (Å²) in [6.07, 6.45) is -10.4. The van der Waals surface area contributed by atoms with Gasteiger partial charge in [-0.15, -0.1) is 0 Å². The van der Waals surface area contributed by atoms with Gasteiger partial charge in [0.15, 0.2) is 6.29 Å². The van der Waals surface area contributed by atoms with E-state index in [4.69, 9.17) is 19.8 Å². The van der Waals surface area contributed by atoms with E-state index in [0.29, 0.717) is 0 Å². The first-order valence-corrected chi connectivity index (χ1v) is 8.70. The minimum absolute atomic E-state index is 0.977. The van der Waals surface area contributed by atoms with Crippen LogP contribution in [0.2, 0.25) is 0 Å². The predicted octanol–water partition coefficient (Wildman–Crippen LogP) is -2.28. The summed E-state index contributed by atoms with van der Waals surface area (Å²) in [4.78, 5) is 25.8. The quantitative estimate of drug-likeness (QED) is 0.256. The van der Waals surface area contributed by atoms with Gasteiger partial charge in [-0.2, -0.15) is 8.78 Å². The second-order valence-electron chi connectivity index (χ2n) is 4.38. The van der Waals surface area contributed by atoms with Crippen molar-refractivity contribution < 1.29 is 62.3 Å². The summed E-state index contributed by atoms with van der Waals surface area (Å²) in [6.45, 7) is -0.977. The maximum atomic E-state index is 13.2. The van der Waals surface area contributed by atoms with Crippen LogP contribution in [-0.2, 0) is 18.4 Å². The summed E-state index contributed by atoms with van der Waals surface area (Å²) < 4.78 is 56.8. The standard InChI is InChI=1S/C7H14F2O11P2/c8-7(9,21(14,15)16)22(17,18)20-6-5(13)4(12)3(11)2(1-10)19-6/h2-6,10-13H,1H2,(H,17,18)(H2,14,15,16)/t2-,3-,4+,5-,6?/m1/s1. The molecule has 1 saturated heterocycles. The first kappa shape index (κ1) is 20.0. The van der Waals surface area contributed by atoms with Crippen molar-refractivity contribution in [2.75, 3.05) is 6.61 Å². The lowest BCUT2D eigenvalue weighted by molar-refractivity contribution is -0.280. The van der Waals surface area contributed by atoms with Crippen LogP contribution in [0.15, 0.2) is 0 Å². The Bertz CT molecular complexity index is 493. The van der Waals surface area contributed by atoms with Gasteiger partial charge in [-0.3, -0.25) is 13.7 Å². The molecule has 0 radical (unpaired) electrons. The maximum Gasteiger partial charge on any atom is 0.443 e. The Morgan fingerprint density at radius 1 is 1.05 bits per heavy atom. The zero-order chi connectivity index (χ0) is 17.5. The number of hydrogen-bond donors (Lipinski definition) is 7. The van der Waals surface area contributed by atoms with E-state index >= 15 is 0 Å². The molecule has 0 aliphatic carbocycles. The van der Waals surface area contributed by atoms with Gasteiger partial charge in [-0.1, -0.05) is 0 Å². The molecule has 0 spiro atoms. The van der Waals surface area contributed by atoms with E-state index in [9.17, 15) is 33.2 Å². The van der Waals surface area contributed by atoms with Gasteiger partial charge in [0.05, 0.1) is 6.61 Å². The van der Waals surface area contributed by atoms with Crippen molar-refractivity contribution in [3.8, 4) is 0 Å². The van der Waals surface area contributed by atoms with Crippen molar-refractivity contribution >= 4 is 15.2 Å². The minimum atomic E-state index is -6.40. The number of aliphatic hydroxyl groups excluding tert-OH is 4. The summed E-state index contributed by atoms with van der Waals surface area (Å²) in [5.41, 5.74) is 0. The third-order valence-electron chi connectivity index (χ3n) is 2.79. The van der Waals surface area contributed by atoms with Crippen molar-refractivity contribution in [2.24, 2.45) is 0 Å². The zero-order valence-electron chi connectivity index (χ0n) is 10.5. The van der Waals surface area contributed by atoms with Gasteiger partial charge in [0, 0.05) is 0 Å². The molecule has 15 heteroatoms. The average Bonchev–Trinajstić information content (AvgIpc) is 2.37. The van der Waals surface area contributed by atoms with Gasteiger partial charge in [0.25, 0.3) is 0 Å². The van der Waals surface area contributed by atoms with Crippen LogP contribution in [-0.4, -0.2) is 77.8 Å². The first-order valence-electron chi connectivity index (χ1n) is 5.51. The molecule has 2 unspecified atom stereocenters. The molecule has 1 fully saturated rings. The topological polar surface area (TPSA) is 194 Å². The van der Waals surface area contributed by atoms with E-state index < -0.39 is 57.9 Å². The van der Waals surface area contributed by atoms with Crippen LogP contribution >= 0.6 is 15.2 Å². The van der Waals surface area contributed by atoms with Crippen molar-refractivity contribution in [3.05, 3.63) is 0 Å². The normalized spacial score (nSPS) is 36.9. The van der Waals surface area contributed by atoms with Gasteiger partial charge >= 0.3 is 20.6 Å². The lowest BCUT2D eigenvalue weighted by Crippen LogP contribution is -2.59. The monoisotopic (exact) mass is 374 g/mol. The highest BCUT2D eigenvalue weighted by molar-refractivity contribution is 7.72. The van der Waals surface area contributed by atoms with Crippen LogP contribution in [0, 0.1) is 0 Å². The van der Waals surface area contributed by atoms with Gasteiger partial charge in [-0.25, -0.2) is 0 Å². The Balaban J connectivity index is 3.02. The van der Waals surface area contributed by atoms with Crippen LogP contribution in [0.25, 0.3) is 0 Å². The summed E-state index contributed by atoms with van der Waals surface area (Å²) in [5, 5.41) is 31.5. The summed E-state index contributed by atoms with van der Waals surface area (Å²) in [7, 11) is -12.8. The van der Waals surface area contributed by atoms with Gasteiger partial charge in [0.2, 0.25) is 0 Å².